The summed E-state index contributed by atoms with van der Waals surface area (Å²) in [7, 11) is 3.72. The Morgan fingerprint density at radius 2 is 1.90 bits per heavy atom. The fraction of sp³-hybridized carbons (Fsp3) is 0.188. The molecule has 0 unspecified atom stereocenters. The molecule has 0 fully saturated rings. The Morgan fingerprint density at radius 1 is 1.19 bits per heavy atom. The first-order chi connectivity index (χ1) is 10.0. The third-order valence-corrected chi connectivity index (χ3v) is 3.47. The smallest absolute Gasteiger partial charge is 0.253 e. The summed E-state index contributed by atoms with van der Waals surface area (Å²) in [5.74, 6) is -0.692. The molecule has 1 N–H and O–H groups in total. The summed E-state index contributed by atoms with van der Waals surface area (Å²) >= 11 is 5.94. The van der Waals surface area contributed by atoms with E-state index in [9.17, 15) is 9.18 Å². The lowest BCUT2D eigenvalue weighted by Gasteiger charge is -2.17. The monoisotopic (exact) mass is 306 g/mol. The average Bonchev–Trinajstić information content (AvgIpc) is 2.46. The molecule has 0 atom stereocenters. The number of para-hydroxylation sites is 1. The molecule has 2 aromatic rings. The zero-order valence-electron chi connectivity index (χ0n) is 11.9. The highest BCUT2D eigenvalue weighted by molar-refractivity contribution is 6.31. The Kier molecular flexibility index (Phi) is 4.81. The van der Waals surface area contributed by atoms with Crippen LogP contribution in [0.1, 0.15) is 15.9 Å². The number of benzene rings is 2. The molecule has 3 nitrogen and oxygen atoms in total. The van der Waals surface area contributed by atoms with Gasteiger partial charge in [-0.3, -0.25) is 4.79 Å². The van der Waals surface area contributed by atoms with E-state index in [0.717, 1.165) is 5.69 Å². The topological polar surface area (TPSA) is 32.3 Å². The van der Waals surface area contributed by atoms with Crippen LogP contribution in [0, 0.1) is 5.82 Å². The molecule has 0 saturated heterocycles. The van der Waals surface area contributed by atoms with E-state index in [0.29, 0.717) is 10.6 Å². The first-order valence-corrected chi connectivity index (χ1v) is 6.86. The lowest BCUT2D eigenvalue weighted by atomic mass is 10.1. The minimum absolute atomic E-state index is 0.0477. The van der Waals surface area contributed by atoms with E-state index < -0.39 is 5.82 Å². The molecule has 0 radical (unpaired) electrons. The number of hydrogen-bond acceptors (Lipinski definition) is 2. The maximum Gasteiger partial charge on any atom is 0.253 e. The zero-order valence-corrected chi connectivity index (χ0v) is 12.6. The van der Waals surface area contributed by atoms with Gasteiger partial charge in [0, 0.05) is 36.9 Å². The van der Waals surface area contributed by atoms with E-state index in [1.54, 1.807) is 18.2 Å². The summed E-state index contributed by atoms with van der Waals surface area (Å²) < 4.78 is 13.7. The van der Waals surface area contributed by atoms with Crippen molar-refractivity contribution < 1.29 is 9.18 Å². The van der Waals surface area contributed by atoms with Crippen molar-refractivity contribution in [1.29, 1.82) is 0 Å². The van der Waals surface area contributed by atoms with Gasteiger partial charge in [-0.1, -0.05) is 29.8 Å². The Bertz CT molecular complexity index is 638. The molecule has 2 rings (SSSR count). The fourth-order valence-corrected chi connectivity index (χ4v) is 2.25. The SMILES string of the molecule is CN(C)c1ccccc1C(=O)NCc1c(F)cccc1Cl. The average molecular weight is 307 g/mol. The van der Waals surface area contributed by atoms with Crippen LogP contribution in [-0.4, -0.2) is 20.0 Å². The molecular weight excluding hydrogens is 291 g/mol. The van der Waals surface area contributed by atoms with E-state index in [1.807, 2.05) is 31.1 Å². The van der Waals surface area contributed by atoms with Gasteiger partial charge in [-0.2, -0.15) is 0 Å². The van der Waals surface area contributed by atoms with Crippen molar-refractivity contribution in [3.05, 3.63) is 64.4 Å². The molecule has 0 spiro atoms. The second-order valence-electron chi connectivity index (χ2n) is 4.79. The first kappa shape index (κ1) is 15.3. The standard InChI is InChI=1S/C16H16ClFN2O/c1-20(2)15-9-4-3-6-11(15)16(21)19-10-12-13(17)7-5-8-14(12)18/h3-9H,10H2,1-2H3,(H,19,21). The van der Waals surface area contributed by atoms with Gasteiger partial charge >= 0.3 is 0 Å². The molecule has 0 aliphatic heterocycles. The Balaban J connectivity index is 2.16. The van der Waals surface area contributed by atoms with Crippen molar-refractivity contribution >= 4 is 23.2 Å². The predicted molar refractivity (Wildman–Crippen MR) is 83.3 cm³/mol. The molecule has 110 valence electrons. The van der Waals surface area contributed by atoms with Gasteiger partial charge in [0.05, 0.1) is 5.56 Å². The minimum Gasteiger partial charge on any atom is -0.377 e. The van der Waals surface area contributed by atoms with Crippen LogP contribution in [-0.2, 0) is 6.54 Å². The van der Waals surface area contributed by atoms with E-state index >= 15 is 0 Å². The Morgan fingerprint density at radius 3 is 2.57 bits per heavy atom. The summed E-state index contributed by atoms with van der Waals surface area (Å²) in [5, 5.41) is 3.00. The van der Waals surface area contributed by atoms with Crippen LogP contribution in [0.2, 0.25) is 5.02 Å². The van der Waals surface area contributed by atoms with Gasteiger partial charge in [0.2, 0.25) is 0 Å². The number of carbonyl (C=O) groups is 1. The van der Waals surface area contributed by atoms with Crippen molar-refractivity contribution in [2.75, 3.05) is 19.0 Å². The van der Waals surface area contributed by atoms with Crippen LogP contribution in [0.4, 0.5) is 10.1 Å². The van der Waals surface area contributed by atoms with Gasteiger partial charge in [0.15, 0.2) is 0 Å². The first-order valence-electron chi connectivity index (χ1n) is 6.48. The van der Waals surface area contributed by atoms with Crippen LogP contribution in [0.25, 0.3) is 0 Å². The van der Waals surface area contributed by atoms with Crippen LogP contribution in [0.5, 0.6) is 0 Å². The van der Waals surface area contributed by atoms with Crippen LogP contribution in [0.3, 0.4) is 0 Å². The van der Waals surface area contributed by atoms with Gasteiger partial charge in [-0.15, -0.1) is 0 Å². The fourth-order valence-electron chi connectivity index (χ4n) is 2.02. The highest BCUT2D eigenvalue weighted by Crippen LogP contribution is 2.20. The lowest BCUT2D eigenvalue weighted by Crippen LogP contribution is -2.25. The molecule has 0 aliphatic rings. The zero-order chi connectivity index (χ0) is 15.4. The summed E-state index contributed by atoms with van der Waals surface area (Å²) in [6, 6.07) is 11.7. The van der Waals surface area contributed by atoms with Crippen LogP contribution < -0.4 is 10.2 Å². The Hall–Kier alpha value is -2.07. The molecule has 0 aliphatic carbocycles. The van der Waals surface area contributed by atoms with E-state index in [1.165, 1.54) is 12.1 Å². The second kappa shape index (κ2) is 6.59. The van der Waals surface area contributed by atoms with Crippen LogP contribution >= 0.6 is 11.6 Å². The van der Waals surface area contributed by atoms with Gasteiger partial charge in [-0.25, -0.2) is 4.39 Å². The molecule has 0 heterocycles. The molecule has 0 bridgehead atoms. The van der Waals surface area contributed by atoms with Crippen LogP contribution in [0.15, 0.2) is 42.5 Å². The van der Waals surface area contributed by atoms with E-state index in [2.05, 4.69) is 5.32 Å². The van der Waals surface area contributed by atoms with Gasteiger partial charge < -0.3 is 10.2 Å². The quantitative estimate of drug-likeness (QED) is 0.938. The van der Waals surface area contributed by atoms with Gasteiger partial charge in [0.25, 0.3) is 5.91 Å². The second-order valence-corrected chi connectivity index (χ2v) is 5.20. The summed E-state index contributed by atoms with van der Waals surface area (Å²) in [6.07, 6.45) is 0. The Labute approximate surface area is 128 Å². The van der Waals surface area contributed by atoms with Crippen molar-refractivity contribution in [1.82, 2.24) is 5.32 Å². The normalized spacial score (nSPS) is 10.3. The molecule has 1 amide bonds. The predicted octanol–water partition coefficient (Wildman–Crippen LogP) is 3.48. The highest BCUT2D eigenvalue weighted by atomic mass is 35.5. The minimum atomic E-state index is -0.427. The largest absolute Gasteiger partial charge is 0.377 e. The number of nitrogens with zero attached hydrogens (tertiary/aromatic N) is 1. The molecule has 0 aromatic heterocycles. The number of rotatable bonds is 4. The number of halogens is 2. The highest BCUT2D eigenvalue weighted by Gasteiger charge is 2.13. The number of hydrogen-bond donors (Lipinski definition) is 1. The molecule has 0 saturated carbocycles. The van der Waals surface area contributed by atoms with Crippen molar-refractivity contribution in [2.45, 2.75) is 6.54 Å². The maximum absolute atomic E-state index is 13.7. The van der Waals surface area contributed by atoms with E-state index in [4.69, 9.17) is 11.6 Å². The molecule has 21 heavy (non-hydrogen) atoms. The summed E-state index contributed by atoms with van der Waals surface area (Å²) in [4.78, 5) is 14.1. The number of nitrogens with one attached hydrogen (secondary N) is 1. The van der Waals surface area contributed by atoms with Crippen molar-refractivity contribution in [3.8, 4) is 0 Å². The van der Waals surface area contributed by atoms with Gasteiger partial charge in [-0.05, 0) is 24.3 Å². The maximum atomic E-state index is 13.7. The van der Waals surface area contributed by atoms with E-state index in [-0.39, 0.29) is 18.0 Å². The molecule has 2 aromatic carbocycles. The number of amides is 1. The summed E-state index contributed by atoms with van der Waals surface area (Å²) in [5.41, 5.74) is 1.62. The summed E-state index contributed by atoms with van der Waals surface area (Å²) in [6.45, 7) is 0.0477. The number of carbonyl (C=O) groups excluding carboxylic acids is 1. The number of anilines is 1. The molecule has 5 heteroatoms. The van der Waals surface area contributed by atoms with Crippen molar-refractivity contribution in [3.63, 3.8) is 0 Å². The van der Waals surface area contributed by atoms with Crippen molar-refractivity contribution in [2.24, 2.45) is 0 Å². The van der Waals surface area contributed by atoms with Gasteiger partial charge in [0.1, 0.15) is 5.82 Å². The third-order valence-electron chi connectivity index (χ3n) is 3.12. The third kappa shape index (κ3) is 3.52. The molecular formula is C16H16ClFN2O. The lowest BCUT2D eigenvalue weighted by molar-refractivity contribution is 0.0951.